The number of ether oxygens (including phenoxy) is 1. The number of benzene rings is 3. The lowest BCUT2D eigenvalue weighted by molar-refractivity contribution is -0.394. The van der Waals surface area contributed by atoms with Crippen molar-refractivity contribution >= 4 is 28.8 Å². The van der Waals surface area contributed by atoms with Gasteiger partial charge in [0.25, 0.3) is 11.4 Å². The quantitative estimate of drug-likeness (QED) is 0.264. The zero-order chi connectivity index (χ0) is 26.2. The maximum atomic E-state index is 12.9. The Hall–Kier alpha value is -4.47. The highest BCUT2D eigenvalue weighted by Crippen LogP contribution is 2.31. The molecule has 0 radical (unpaired) electrons. The average molecular weight is 493 g/mol. The molecule has 0 aliphatic carbocycles. The number of hydrogen-bond acceptors (Lipinski definition) is 7. The van der Waals surface area contributed by atoms with E-state index in [4.69, 9.17) is 4.74 Å². The van der Waals surface area contributed by atoms with E-state index in [1.54, 1.807) is 30.3 Å². The van der Waals surface area contributed by atoms with Crippen LogP contribution in [0.4, 0.5) is 27.5 Å². The van der Waals surface area contributed by atoms with Crippen LogP contribution in [0.5, 0.6) is 0 Å². The van der Waals surface area contributed by atoms with Gasteiger partial charge in [-0.15, -0.1) is 0 Å². The van der Waals surface area contributed by atoms with Gasteiger partial charge >= 0.3 is 6.09 Å². The van der Waals surface area contributed by atoms with Gasteiger partial charge in [-0.05, 0) is 56.2 Å². The summed E-state index contributed by atoms with van der Waals surface area (Å²) in [5.74, 6) is 0. The summed E-state index contributed by atoms with van der Waals surface area (Å²) in [4.78, 5) is 36.4. The van der Waals surface area contributed by atoms with Gasteiger partial charge in [-0.1, -0.05) is 30.3 Å². The molecule has 0 saturated heterocycles. The molecule has 0 saturated carbocycles. The Labute approximate surface area is 208 Å². The lowest BCUT2D eigenvalue weighted by Crippen LogP contribution is -2.22. The Morgan fingerprint density at radius 2 is 1.67 bits per heavy atom. The van der Waals surface area contributed by atoms with Gasteiger partial charge < -0.3 is 9.64 Å². The molecule has 0 aliphatic rings. The molecule has 10 nitrogen and oxygen atoms in total. The smallest absolute Gasteiger partial charge is 0.412 e. The molecule has 0 aliphatic heterocycles. The summed E-state index contributed by atoms with van der Waals surface area (Å²) in [5, 5.41) is 25.4. The number of nitrogens with one attached hydrogen (secondary N) is 1. The number of rotatable bonds is 10. The minimum atomic E-state index is -0.860. The van der Waals surface area contributed by atoms with E-state index in [-0.39, 0.29) is 17.7 Å². The number of nitrogens with zero attached hydrogens (tertiary/aromatic N) is 3. The molecule has 1 atom stereocenters. The van der Waals surface area contributed by atoms with Crippen LogP contribution in [0.2, 0.25) is 0 Å². The van der Waals surface area contributed by atoms with Crippen LogP contribution in [0.25, 0.3) is 0 Å². The summed E-state index contributed by atoms with van der Waals surface area (Å²) in [5.41, 5.74) is 2.55. The molecule has 0 aromatic heterocycles. The molecule has 3 rings (SSSR count). The largest absolute Gasteiger partial charge is 0.441 e. The predicted molar refractivity (Wildman–Crippen MR) is 137 cm³/mol. The fourth-order valence-corrected chi connectivity index (χ4v) is 3.95. The second-order valence-electron chi connectivity index (χ2n) is 8.13. The minimum absolute atomic E-state index is 0.0361. The fourth-order valence-electron chi connectivity index (χ4n) is 3.95. The Morgan fingerprint density at radius 1 is 0.972 bits per heavy atom. The van der Waals surface area contributed by atoms with Crippen LogP contribution in [0.15, 0.2) is 66.7 Å². The van der Waals surface area contributed by atoms with Gasteiger partial charge in [-0.3, -0.25) is 25.5 Å². The van der Waals surface area contributed by atoms with E-state index in [9.17, 15) is 25.0 Å². The number of non-ortho nitro benzene ring substituents is 1. The lowest BCUT2D eigenvalue weighted by atomic mass is 9.99. The van der Waals surface area contributed by atoms with E-state index in [1.165, 1.54) is 12.1 Å². The summed E-state index contributed by atoms with van der Waals surface area (Å²) in [6.07, 6.45) is -1.61. The fraction of sp³-hybridized carbons (Fsp3) is 0.269. The molecule has 3 aromatic rings. The third-order valence-corrected chi connectivity index (χ3v) is 5.88. The zero-order valence-corrected chi connectivity index (χ0v) is 20.3. The molecule has 3 aromatic carbocycles. The summed E-state index contributed by atoms with van der Waals surface area (Å²) < 4.78 is 5.71. The van der Waals surface area contributed by atoms with Crippen molar-refractivity contribution in [1.82, 2.24) is 0 Å². The Morgan fingerprint density at radius 3 is 2.25 bits per heavy atom. The highest BCUT2D eigenvalue weighted by molar-refractivity contribution is 5.86. The molecule has 0 fully saturated rings. The number of aryl methyl sites for hydroxylation is 1. The Balaban J connectivity index is 1.84. The summed E-state index contributed by atoms with van der Waals surface area (Å²) >= 11 is 0. The third kappa shape index (κ3) is 6.35. The second kappa shape index (κ2) is 11.8. The highest BCUT2D eigenvalue weighted by atomic mass is 16.6. The number of carbonyl (C=O) groups is 1. The van der Waals surface area contributed by atoms with Crippen LogP contribution in [0, 0.1) is 27.2 Å². The molecule has 1 amide bonds. The highest BCUT2D eigenvalue weighted by Gasteiger charge is 2.25. The van der Waals surface area contributed by atoms with Gasteiger partial charge in [0.15, 0.2) is 0 Å². The Kier molecular flexibility index (Phi) is 8.56. The maximum Gasteiger partial charge on any atom is 0.412 e. The molecule has 0 spiro atoms. The van der Waals surface area contributed by atoms with Crippen LogP contribution in [-0.4, -0.2) is 29.0 Å². The van der Waals surface area contributed by atoms with Crippen molar-refractivity contribution in [2.45, 2.75) is 33.3 Å². The van der Waals surface area contributed by atoms with Crippen molar-refractivity contribution in [1.29, 1.82) is 0 Å². The number of anilines is 2. The summed E-state index contributed by atoms with van der Waals surface area (Å²) in [7, 11) is 0. The van der Waals surface area contributed by atoms with E-state index in [2.05, 4.69) is 24.1 Å². The van der Waals surface area contributed by atoms with Crippen molar-refractivity contribution in [2.75, 3.05) is 23.3 Å². The number of nitro benzene ring substituents is 2. The number of carbonyl (C=O) groups excluding carboxylic acids is 1. The number of nitro groups is 2. The van der Waals surface area contributed by atoms with Crippen LogP contribution < -0.4 is 10.2 Å². The molecule has 0 heterocycles. The number of hydrogen-bond donors (Lipinski definition) is 1. The molecule has 188 valence electrons. The lowest BCUT2D eigenvalue weighted by Gasteiger charge is -2.23. The van der Waals surface area contributed by atoms with Gasteiger partial charge in [0.2, 0.25) is 0 Å². The van der Waals surface area contributed by atoms with Crippen LogP contribution >= 0.6 is 0 Å². The number of amides is 1. The van der Waals surface area contributed by atoms with E-state index < -0.39 is 27.7 Å². The van der Waals surface area contributed by atoms with Crippen molar-refractivity contribution in [2.24, 2.45) is 0 Å². The molecular weight excluding hydrogens is 464 g/mol. The average Bonchev–Trinajstić information content (AvgIpc) is 2.86. The van der Waals surface area contributed by atoms with Crippen molar-refractivity contribution in [3.05, 3.63) is 104 Å². The molecule has 1 unspecified atom stereocenters. The van der Waals surface area contributed by atoms with Gasteiger partial charge in [0, 0.05) is 42.5 Å². The first-order valence-electron chi connectivity index (χ1n) is 11.5. The van der Waals surface area contributed by atoms with E-state index in [0.717, 1.165) is 30.4 Å². The van der Waals surface area contributed by atoms with E-state index in [1.807, 2.05) is 25.1 Å². The third-order valence-electron chi connectivity index (χ3n) is 5.88. The minimum Gasteiger partial charge on any atom is -0.441 e. The van der Waals surface area contributed by atoms with Gasteiger partial charge in [0.1, 0.15) is 6.10 Å². The first-order valence-corrected chi connectivity index (χ1v) is 11.5. The molecule has 0 bridgehead atoms. The van der Waals surface area contributed by atoms with Crippen LogP contribution in [0.1, 0.15) is 36.6 Å². The first kappa shape index (κ1) is 26.1. The summed E-state index contributed by atoms with van der Waals surface area (Å²) in [6, 6.07) is 18.0. The SMILES string of the molecule is CCN(CC)c1ccc(NC(=O)OC(Cc2ccc([N+](=O)[O-])cc2[N+](=O)[O-])c2ccccc2)c(C)c1. The first-order chi connectivity index (χ1) is 17.2. The van der Waals surface area contributed by atoms with Gasteiger partial charge in [0.05, 0.1) is 15.9 Å². The molecular formula is C26H28N4O6. The van der Waals surface area contributed by atoms with Gasteiger partial charge in [-0.25, -0.2) is 4.79 Å². The van der Waals surface area contributed by atoms with Crippen molar-refractivity contribution in [3.63, 3.8) is 0 Å². The van der Waals surface area contributed by atoms with Crippen molar-refractivity contribution < 1.29 is 19.4 Å². The van der Waals surface area contributed by atoms with Crippen molar-refractivity contribution in [3.8, 4) is 0 Å². The van der Waals surface area contributed by atoms with Crippen LogP contribution in [0.3, 0.4) is 0 Å². The normalized spacial score (nSPS) is 11.4. The van der Waals surface area contributed by atoms with E-state index >= 15 is 0 Å². The molecule has 1 N–H and O–H groups in total. The predicted octanol–water partition coefficient (Wildman–Crippen LogP) is 6.19. The van der Waals surface area contributed by atoms with Gasteiger partial charge in [-0.2, -0.15) is 0 Å². The zero-order valence-electron chi connectivity index (χ0n) is 20.3. The standard InChI is InChI=1S/C26H28N4O6/c1-4-28(5-2)21-13-14-23(18(3)15-21)27-26(31)36-25(19-9-7-6-8-10-19)16-20-11-12-22(29(32)33)17-24(20)30(34)35/h6-15,17,25H,4-5,16H2,1-3H3,(H,27,31). The topological polar surface area (TPSA) is 128 Å². The Bertz CT molecular complexity index is 1240. The molecule has 10 heteroatoms. The molecule has 36 heavy (non-hydrogen) atoms. The maximum absolute atomic E-state index is 12.9. The summed E-state index contributed by atoms with van der Waals surface area (Å²) in [6.45, 7) is 7.75. The second-order valence-corrected chi connectivity index (χ2v) is 8.13. The van der Waals surface area contributed by atoms with E-state index in [0.29, 0.717) is 11.3 Å². The monoisotopic (exact) mass is 492 g/mol. The van der Waals surface area contributed by atoms with Crippen LogP contribution in [-0.2, 0) is 11.2 Å².